The van der Waals surface area contributed by atoms with Crippen molar-refractivity contribution in [2.75, 3.05) is 0 Å². The lowest BCUT2D eigenvalue weighted by molar-refractivity contribution is -0.137. The Morgan fingerprint density at radius 3 is 2.41 bits per heavy atom. The summed E-state index contributed by atoms with van der Waals surface area (Å²) in [7, 11) is 0. The average molecular weight is 374 g/mol. The number of carbonyl (C=O) groups excluding carboxylic acids is 1. The number of aromatic nitrogens is 2. The van der Waals surface area contributed by atoms with E-state index in [1.807, 2.05) is 6.92 Å². The van der Waals surface area contributed by atoms with Crippen LogP contribution in [0.2, 0.25) is 0 Å². The number of rotatable bonds is 5. The van der Waals surface area contributed by atoms with E-state index in [0.717, 1.165) is 17.8 Å². The number of aryl methyl sites for hydroxylation is 3. The molecule has 2 aromatic heterocycles. The van der Waals surface area contributed by atoms with E-state index in [9.17, 15) is 18.0 Å². The van der Waals surface area contributed by atoms with Gasteiger partial charge in [-0.2, -0.15) is 13.2 Å². The molecule has 0 radical (unpaired) electrons. The second kappa shape index (κ2) is 7.34. The van der Waals surface area contributed by atoms with Gasteiger partial charge >= 0.3 is 6.18 Å². The molecule has 27 heavy (non-hydrogen) atoms. The van der Waals surface area contributed by atoms with Crippen LogP contribution in [0.25, 0.3) is 11.3 Å². The normalized spacial score (nSPS) is 11.6. The number of hydrogen-bond donors (Lipinski definition) is 0. The van der Waals surface area contributed by atoms with E-state index in [0.29, 0.717) is 34.7 Å². The lowest BCUT2D eigenvalue weighted by Gasteiger charge is -2.06. The van der Waals surface area contributed by atoms with Crippen molar-refractivity contribution in [1.29, 1.82) is 0 Å². The molecule has 140 valence electrons. The molecular formula is C20H17F3N2O2. The van der Waals surface area contributed by atoms with Crippen molar-refractivity contribution in [2.24, 2.45) is 0 Å². The zero-order chi connectivity index (χ0) is 19.6. The summed E-state index contributed by atoms with van der Waals surface area (Å²) in [6, 6.07) is 9.87. The van der Waals surface area contributed by atoms with E-state index in [-0.39, 0.29) is 12.2 Å². The van der Waals surface area contributed by atoms with Gasteiger partial charge in [0.25, 0.3) is 0 Å². The molecule has 0 unspecified atom stereocenters. The fourth-order valence-electron chi connectivity index (χ4n) is 2.75. The Labute approximate surface area is 154 Å². The molecule has 0 aliphatic carbocycles. The van der Waals surface area contributed by atoms with Gasteiger partial charge in [0.1, 0.15) is 11.5 Å². The molecule has 2 heterocycles. The minimum Gasteiger partial charge on any atom is -0.361 e. The van der Waals surface area contributed by atoms with Gasteiger partial charge in [-0.25, -0.2) is 0 Å². The van der Waals surface area contributed by atoms with E-state index >= 15 is 0 Å². The molecule has 3 aromatic rings. The summed E-state index contributed by atoms with van der Waals surface area (Å²) in [6.45, 7) is 3.65. The molecule has 0 saturated carbocycles. The third-order valence-corrected chi connectivity index (χ3v) is 4.19. The first-order valence-corrected chi connectivity index (χ1v) is 8.35. The van der Waals surface area contributed by atoms with E-state index < -0.39 is 11.7 Å². The first-order chi connectivity index (χ1) is 12.7. The van der Waals surface area contributed by atoms with Crippen molar-refractivity contribution in [3.63, 3.8) is 0 Å². The first-order valence-electron chi connectivity index (χ1n) is 8.35. The standard InChI is InChI=1S/C20H17F3N2O2/c1-12-3-9-17(13(2)24-12)19(26)10-8-16-11-18(25-27-16)14-4-6-15(7-5-14)20(21,22)23/h3-7,9,11H,8,10H2,1-2H3. The summed E-state index contributed by atoms with van der Waals surface area (Å²) in [6.07, 6.45) is -3.80. The summed E-state index contributed by atoms with van der Waals surface area (Å²) in [5.41, 5.74) is 2.33. The number of nitrogens with zero attached hydrogens (tertiary/aromatic N) is 2. The number of ketones is 1. The van der Waals surface area contributed by atoms with Crippen molar-refractivity contribution in [3.8, 4) is 11.3 Å². The van der Waals surface area contributed by atoms with Crippen LogP contribution in [0.3, 0.4) is 0 Å². The second-order valence-electron chi connectivity index (χ2n) is 6.26. The Hall–Kier alpha value is -2.96. The molecule has 0 aliphatic heterocycles. The van der Waals surface area contributed by atoms with Crippen LogP contribution < -0.4 is 0 Å². The van der Waals surface area contributed by atoms with Crippen LogP contribution in [-0.4, -0.2) is 15.9 Å². The predicted octanol–water partition coefficient (Wildman–Crippen LogP) is 5.19. The molecule has 0 aliphatic rings. The largest absolute Gasteiger partial charge is 0.416 e. The first kappa shape index (κ1) is 18.8. The molecule has 0 bridgehead atoms. The van der Waals surface area contributed by atoms with Gasteiger partial charge in [-0.15, -0.1) is 0 Å². The van der Waals surface area contributed by atoms with Gasteiger partial charge in [-0.05, 0) is 38.1 Å². The minimum absolute atomic E-state index is 0.0486. The summed E-state index contributed by atoms with van der Waals surface area (Å²) >= 11 is 0. The number of pyridine rings is 1. The highest BCUT2D eigenvalue weighted by molar-refractivity contribution is 5.97. The quantitative estimate of drug-likeness (QED) is 0.577. The number of alkyl halides is 3. The number of carbonyl (C=O) groups is 1. The lowest BCUT2D eigenvalue weighted by Crippen LogP contribution is -2.05. The maximum atomic E-state index is 12.6. The third-order valence-electron chi connectivity index (χ3n) is 4.19. The molecule has 0 fully saturated rings. The molecule has 0 atom stereocenters. The molecule has 0 N–H and O–H groups in total. The second-order valence-corrected chi connectivity index (χ2v) is 6.26. The smallest absolute Gasteiger partial charge is 0.361 e. The Morgan fingerprint density at radius 2 is 1.78 bits per heavy atom. The van der Waals surface area contributed by atoms with Crippen LogP contribution in [0.4, 0.5) is 13.2 Å². The zero-order valence-corrected chi connectivity index (χ0v) is 14.8. The molecule has 0 spiro atoms. The van der Waals surface area contributed by atoms with Gasteiger partial charge in [0.15, 0.2) is 5.78 Å². The maximum Gasteiger partial charge on any atom is 0.416 e. The maximum absolute atomic E-state index is 12.6. The summed E-state index contributed by atoms with van der Waals surface area (Å²) in [4.78, 5) is 16.6. The van der Waals surface area contributed by atoms with Gasteiger partial charge < -0.3 is 4.52 Å². The molecule has 7 heteroatoms. The van der Waals surface area contributed by atoms with E-state index in [2.05, 4.69) is 10.1 Å². The number of halogens is 3. The van der Waals surface area contributed by atoms with Crippen LogP contribution in [0.5, 0.6) is 0 Å². The molecule has 0 saturated heterocycles. The fraction of sp³-hybridized carbons (Fsp3) is 0.250. The molecule has 1 aromatic carbocycles. The monoisotopic (exact) mass is 374 g/mol. The predicted molar refractivity (Wildman–Crippen MR) is 93.3 cm³/mol. The Kier molecular flexibility index (Phi) is 5.12. The van der Waals surface area contributed by atoms with Crippen LogP contribution >= 0.6 is 0 Å². The van der Waals surface area contributed by atoms with E-state index in [4.69, 9.17) is 4.52 Å². The van der Waals surface area contributed by atoms with Crippen LogP contribution in [0, 0.1) is 13.8 Å². The van der Waals surface area contributed by atoms with Crippen molar-refractivity contribution >= 4 is 5.78 Å². The number of Topliss-reactive ketones (excluding diaryl/α,β-unsaturated/α-hetero) is 1. The van der Waals surface area contributed by atoms with Crippen molar-refractivity contribution < 1.29 is 22.5 Å². The van der Waals surface area contributed by atoms with Crippen LogP contribution in [0.15, 0.2) is 47.0 Å². The summed E-state index contributed by atoms with van der Waals surface area (Å²) in [5, 5.41) is 3.88. The topological polar surface area (TPSA) is 56.0 Å². The molecule has 0 amide bonds. The van der Waals surface area contributed by atoms with Gasteiger partial charge in [0.2, 0.25) is 0 Å². The SMILES string of the molecule is Cc1ccc(C(=O)CCc2cc(-c3ccc(C(F)(F)F)cc3)no2)c(C)n1. The van der Waals surface area contributed by atoms with E-state index in [1.54, 1.807) is 25.1 Å². The van der Waals surface area contributed by atoms with Crippen molar-refractivity contribution in [2.45, 2.75) is 32.9 Å². The van der Waals surface area contributed by atoms with Gasteiger partial charge in [-0.1, -0.05) is 17.3 Å². The number of benzene rings is 1. The van der Waals surface area contributed by atoms with Gasteiger partial charge in [0, 0.05) is 41.4 Å². The Balaban J connectivity index is 1.66. The summed E-state index contributed by atoms with van der Waals surface area (Å²) < 4.78 is 43.1. The third kappa shape index (κ3) is 4.42. The molecule has 3 rings (SSSR count). The Bertz CT molecular complexity index is 960. The molecular weight excluding hydrogens is 357 g/mol. The van der Waals surface area contributed by atoms with Crippen molar-refractivity contribution in [3.05, 3.63) is 70.7 Å². The highest BCUT2D eigenvalue weighted by atomic mass is 19.4. The zero-order valence-electron chi connectivity index (χ0n) is 14.8. The fourth-order valence-corrected chi connectivity index (χ4v) is 2.75. The van der Waals surface area contributed by atoms with Crippen LogP contribution in [-0.2, 0) is 12.6 Å². The molecule has 4 nitrogen and oxygen atoms in total. The number of hydrogen-bond acceptors (Lipinski definition) is 4. The summed E-state index contributed by atoms with van der Waals surface area (Å²) in [5.74, 6) is 0.448. The highest BCUT2D eigenvalue weighted by Gasteiger charge is 2.30. The van der Waals surface area contributed by atoms with E-state index in [1.165, 1.54) is 12.1 Å². The van der Waals surface area contributed by atoms with Crippen LogP contribution in [0.1, 0.15) is 39.5 Å². The van der Waals surface area contributed by atoms with Crippen molar-refractivity contribution in [1.82, 2.24) is 10.1 Å². The minimum atomic E-state index is -4.38. The lowest BCUT2D eigenvalue weighted by atomic mass is 10.0. The Morgan fingerprint density at radius 1 is 1.07 bits per heavy atom. The highest BCUT2D eigenvalue weighted by Crippen LogP contribution is 2.31. The van der Waals surface area contributed by atoms with Gasteiger partial charge in [0.05, 0.1) is 5.56 Å². The average Bonchev–Trinajstić information content (AvgIpc) is 3.08. The van der Waals surface area contributed by atoms with Gasteiger partial charge in [-0.3, -0.25) is 9.78 Å².